The molecule has 0 radical (unpaired) electrons. The first-order chi connectivity index (χ1) is 11.0. The quantitative estimate of drug-likeness (QED) is 0.791. The number of carbonyl (C=O) groups is 1. The van der Waals surface area contributed by atoms with Gasteiger partial charge in [-0.3, -0.25) is 4.79 Å². The minimum Gasteiger partial charge on any atom is -0.355 e. The van der Waals surface area contributed by atoms with Crippen molar-refractivity contribution in [2.45, 2.75) is 44.6 Å². The number of nitrogens with one attached hydrogen (secondary N) is 1. The van der Waals surface area contributed by atoms with Gasteiger partial charge in [0.05, 0.1) is 5.25 Å². The van der Waals surface area contributed by atoms with E-state index >= 15 is 0 Å². The van der Waals surface area contributed by atoms with E-state index in [0.29, 0.717) is 12.5 Å². The second-order valence-corrected chi connectivity index (χ2v) is 7.12. The van der Waals surface area contributed by atoms with Crippen molar-refractivity contribution in [3.63, 3.8) is 0 Å². The molecule has 1 N–H and O–H groups in total. The predicted octanol–water partition coefficient (Wildman–Crippen LogP) is 3.22. The lowest BCUT2D eigenvalue weighted by Gasteiger charge is -2.13. The van der Waals surface area contributed by atoms with Crippen molar-refractivity contribution < 1.29 is 4.79 Å². The summed E-state index contributed by atoms with van der Waals surface area (Å²) >= 11 is 1.45. The molecule has 1 aromatic carbocycles. The van der Waals surface area contributed by atoms with Gasteiger partial charge in [0.1, 0.15) is 0 Å². The van der Waals surface area contributed by atoms with Crippen LogP contribution in [0.2, 0.25) is 0 Å². The van der Waals surface area contributed by atoms with Gasteiger partial charge in [-0.2, -0.15) is 0 Å². The number of amides is 1. The molecule has 0 saturated carbocycles. The van der Waals surface area contributed by atoms with E-state index in [-0.39, 0.29) is 11.2 Å². The number of thioether (sulfide) groups is 1. The van der Waals surface area contributed by atoms with Gasteiger partial charge >= 0.3 is 0 Å². The van der Waals surface area contributed by atoms with Crippen molar-refractivity contribution in [1.82, 2.24) is 20.1 Å². The zero-order valence-corrected chi connectivity index (χ0v) is 14.9. The Hall–Kier alpha value is -1.82. The lowest BCUT2D eigenvalue weighted by atomic mass is 10.2. The Morgan fingerprint density at radius 3 is 2.52 bits per heavy atom. The van der Waals surface area contributed by atoms with Crippen LogP contribution in [0.25, 0.3) is 11.4 Å². The normalized spacial score (nSPS) is 12.4. The molecule has 1 heterocycles. The maximum absolute atomic E-state index is 12.1. The Bertz CT molecular complexity index is 639. The van der Waals surface area contributed by atoms with Gasteiger partial charge < -0.3 is 9.88 Å². The summed E-state index contributed by atoms with van der Waals surface area (Å²) in [5.74, 6) is 1.32. The van der Waals surface area contributed by atoms with Gasteiger partial charge in [-0.15, -0.1) is 10.2 Å². The average molecular weight is 332 g/mol. The molecule has 2 aromatic rings. The van der Waals surface area contributed by atoms with Crippen LogP contribution in [0.15, 0.2) is 35.5 Å². The Labute approximate surface area is 141 Å². The molecular formula is C17H24N4OS. The van der Waals surface area contributed by atoms with E-state index in [1.165, 1.54) is 11.8 Å². The third kappa shape index (κ3) is 4.58. The minimum atomic E-state index is -0.202. The number of benzene rings is 1. The van der Waals surface area contributed by atoms with Crippen LogP contribution in [0.4, 0.5) is 0 Å². The second-order valence-electron chi connectivity index (χ2n) is 5.82. The topological polar surface area (TPSA) is 59.8 Å². The summed E-state index contributed by atoms with van der Waals surface area (Å²) < 4.78 is 2.05. The molecule has 1 atom stereocenters. The summed E-state index contributed by atoms with van der Waals surface area (Å²) in [4.78, 5) is 12.1. The van der Waals surface area contributed by atoms with E-state index in [4.69, 9.17) is 0 Å². The van der Waals surface area contributed by atoms with E-state index in [9.17, 15) is 4.79 Å². The Balaban J connectivity index is 2.12. The molecule has 6 heteroatoms. The molecule has 1 amide bonds. The van der Waals surface area contributed by atoms with Gasteiger partial charge in [0.2, 0.25) is 5.91 Å². The van der Waals surface area contributed by atoms with Crippen LogP contribution in [-0.2, 0) is 11.3 Å². The van der Waals surface area contributed by atoms with Gasteiger partial charge in [-0.05, 0) is 19.8 Å². The van der Waals surface area contributed by atoms with Crippen LogP contribution in [0, 0.1) is 5.92 Å². The first kappa shape index (κ1) is 17.5. The lowest BCUT2D eigenvalue weighted by Crippen LogP contribution is -2.33. The predicted molar refractivity (Wildman–Crippen MR) is 94.3 cm³/mol. The van der Waals surface area contributed by atoms with Crippen molar-refractivity contribution in [3.05, 3.63) is 30.3 Å². The molecule has 2 rings (SSSR count). The first-order valence-electron chi connectivity index (χ1n) is 7.95. The van der Waals surface area contributed by atoms with Crippen LogP contribution in [0.3, 0.4) is 0 Å². The Kier molecular flexibility index (Phi) is 6.21. The van der Waals surface area contributed by atoms with Crippen LogP contribution in [0.5, 0.6) is 0 Å². The summed E-state index contributed by atoms with van der Waals surface area (Å²) in [7, 11) is 0. The summed E-state index contributed by atoms with van der Waals surface area (Å²) in [6, 6.07) is 9.98. The smallest absolute Gasteiger partial charge is 0.233 e. The number of rotatable bonds is 7. The zero-order chi connectivity index (χ0) is 16.8. The van der Waals surface area contributed by atoms with Crippen molar-refractivity contribution in [2.24, 2.45) is 5.92 Å². The molecule has 0 bridgehead atoms. The van der Waals surface area contributed by atoms with Crippen molar-refractivity contribution in [3.8, 4) is 11.4 Å². The molecule has 5 nitrogen and oxygen atoms in total. The van der Waals surface area contributed by atoms with Crippen LogP contribution in [-0.4, -0.2) is 32.5 Å². The lowest BCUT2D eigenvalue weighted by molar-refractivity contribution is -0.120. The number of aromatic nitrogens is 3. The fourth-order valence-corrected chi connectivity index (χ4v) is 3.06. The van der Waals surface area contributed by atoms with Gasteiger partial charge in [-0.25, -0.2) is 0 Å². The molecule has 0 aliphatic carbocycles. The van der Waals surface area contributed by atoms with E-state index in [1.54, 1.807) is 0 Å². The van der Waals surface area contributed by atoms with E-state index in [1.807, 2.05) is 41.8 Å². The van der Waals surface area contributed by atoms with Gasteiger partial charge in [-0.1, -0.05) is 55.9 Å². The molecule has 124 valence electrons. The third-order valence-electron chi connectivity index (χ3n) is 3.40. The molecular weight excluding hydrogens is 308 g/mol. The summed E-state index contributed by atoms with van der Waals surface area (Å²) in [5, 5.41) is 12.1. The molecule has 0 fully saturated rings. The van der Waals surface area contributed by atoms with E-state index in [0.717, 1.165) is 23.1 Å². The highest BCUT2D eigenvalue weighted by molar-refractivity contribution is 8.00. The Morgan fingerprint density at radius 2 is 1.91 bits per heavy atom. The van der Waals surface area contributed by atoms with E-state index < -0.39 is 0 Å². The molecule has 0 aliphatic heterocycles. The van der Waals surface area contributed by atoms with Gasteiger partial charge in [0.25, 0.3) is 0 Å². The summed E-state index contributed by atoms with van der Waals surface area (Å²) in [6.07, 6.45) is 0. The highest BCUT2D eigenvalue weighted by Gasteiger charge is 2.20. The second kappa shape index (κ2) is 8.15. The average Bonchev–Trinajstić information content (AvgIpc) is 2.95. The van der Waals surface area contributed by atoms with Crippen molar-refractivity contribution in [1.29, 1.82) is 0 Å². The molecule has 1 unspecified atom stereocenters. The third-order valence-corrected chi connectivity index (χ3v) is 4.48. The maximum atomic E-state index is 12.1. The first-order valence-corrected chi connectivity index (χ1v) is 8.83. The molecule has 1 aromatic heterocycles. The highest BCUT2D eigenvalue weighted by Crippen LogP contribution is 2.26. The van der Waals surface area contributed by atoms with Crippen LogP contribution >= 0.6 is 11.8 Å². The van der Waals surface area contributed by atoms with Crippen LogP contribution in [0.1, 0.15) is 27.7 Å². The number of hydrogen-bond donors (Lipinski definition) is 1. The van der Waals surface area contributed by atoms with Gasteiger partial charge in [0, 0.05) is 18.7 Å². The molecule has 0 aliphatic rings. The molecule has 0 spiro atoms. The van der Waals surface area contributed by atoms with Gasteiger partial charge in [0.15, 0.2) is 11.0 Å². The standard InChI is InChI=1S/C17H24N4OS/c1-5-21-15(14-9-7-6-8-10-14)19-20-17(21)23-13(4)16(22)18-11-12(2)3/h6-10,12-13H,5,11H2,1-4H3,(H,18,22). The summed E-state index contributed by atoms with van der Waals surface area (Å²) in [6.45, 7) is 9.58. The minimum absolute atomic E-state index is 0.0376. The number of hydrogen-bond acceptors (Lipinski definition) is 4. The number of carbonyl (C=O) groups excluding carboxylic acids is 1. The fraction of sp³-hybridized carbons (Fsp3) is 0.471. The van der Waals surface area contributed by atoms with Crippen molar-refractivity contribution >= 4 is 17.7 Å². The van der Waals surface area contributed by atoms with E-state index in [2.05, 4.69) is 36.3 Å². The highest BCUT2D eigenvalue weighted by atomic mass is 32.2. The van der Waals surface area contributed by atoms with Crippen LogP contribution < -0.4 is 5.32 Å². The monoisotopic (exact) mass is 332 g/mol. The molecule has 0 saturated heterocycles. The van der Waals surface area contributed by atoms with Crippen molar-refractivity contribution in [2.75, 3.05) is 6.54 Å². The zero-order valence-electron chi connectivity index (χ0n) is 14.1. The summed E-state index contributed by atoms with van der Waals surface area (Å²) in [5.41, 5.74) is 1.03. The fourth-order valence-electron chi connectivity index (χ4n) is 2.12. The Morgan fingerprint density at radius 1 is 1.22 bits per heavy atom. The largest absolute Gasteiger partial charge is 0.355 e. The molecule has 23 heavy (non-hydrogen) atoms. The number of nitrogens with zero attached hydrogens (tertiary/aromatic N) is 3. The maximum Gasteiger partial charge on any atom is 0.233 e. The SMILES string of the molecule is CCn1c(SC(C)C(=O)NCC(C)C)nnc1-c1ccccc1.